The predicted molar refractivity (Wildman–Crippen MR) is 76.2 cm³/mol. The summed E-state index contributed by atoms with van der Waals surface area (Å²) in [5.41, 5.74) is 3.13. The average Bonchev–Trinajstić information content (AvgIpc) is 3.04. The number of hydrogen-bond donors (Lipinski definition) is 1. The topological polar surface area (TPSA) is 64.1 Å². The molecule has 1 saturated carbocycles. The van der Waals surface area contributed by atoms with Crippen molar-refractivity contribution < 1.29 is 9.53 Å². The zero-order valence-corrected chi connectivity index (χ0v) is 11.6. The van der Waals surface area contributed by atoms with Crippen LogP contribution < -0.4 is 10.1 Å². The van der Waals surface area contributed by atoms with Crippen molar-refractivity contribution >= 4 is 5.91 Å². The van der Waals surface area contributed by atoms with E-state index < -0.39 is 0 Å². The van der Waals surface area contributed by atoms with E-state index in [9.17, 15) is 4.79 Å². The molecular weight excluding hydrogens is 266 g/mol. The first kappa shape index (κ1) is 12.3. The Morgan fingerprint density at radius 3 is 2.86 bits per heavy atom. The molecule has 2 aliphatic carbocycles. The summed E-state index contributed by atoms with van der Waals surface area (Å²) in [6.45, 7) is 0. The number of carbonyl (C=O) groups is 1. The fraction of sp³-hybridized carbons (Fsp3) is 0.312. The van der Waals surface area contributed by atoms with Gasteiger partial charge in [-0.25, -0.2) is 0 Å². The summed E-state index contributed by atoms with van der Waals surface area (Å²) < 4.78 is 4.94. The van der Waals surface area contributed by atoms with Crippen LogP contribution in [0.25, 0.3) is 0 Å². The van der Waals surface area contributed by atoms with E-state index in [0.29, 0.717) is 23.4 Å². The van der Waals surface area contributed by atoms with Crippen molar-refractivity contribution in [1.82, 2.24) is 15.5 Å². The zero-order valence-electron chi connectivity index (χ0n) is 11.6. The molecular formula is C16H15N3O2. The number of rotatable bonds is 3. The van der Waals surface area contributed by atoms with Crippen molar-refractivity contribution in [2.45, 2.75) is 18.4 Å². The van der Waals surface area contributed by atoms with Gasteiger partial charge in [-0.05, 0) is 29.5 Å². The Morgan fingerprint density at radius 2 is 2.10 bits per heavy atom. The molecule has 5 nitrogen and oxygen atoms in total. The summed E-state index contributed by atoms with van der Waals surface area (Å²) in [5.74, 6) is 1.25. The second-order valence-corrected chi connectivity index (χ2v) is 5.55. The quantitative estimate of drug-likeness (QED) is 0.927. The number of amides is 1. The van der Waals surface area contributed by atoms with Crippen molar-refractivity contribution in [1.29, 1.82) is 0 Å². The SMILES string of the molecule is COc1ccc(C(=O)N[C@@H]2[C@@H]3Cc4ccccc4[C@H]32)nn1. The molecule has 5 heteroatoms. The van der Waals surface area contributed by atoms with Gasteiger partial charge in [-0.15, -0.1) is 10.2 Å². The Hall–Kier alpha value is -2.43. The molecule has 0 saturated heterocycles. The Kier molecular flexibility index (Phi) is 2.67. The van der Waals surface area contributed by atoms with E-state index in [1.807, 2.05) is 0 Å². The Labute approximate surface area is 122 Å². The van der Waals surface area contributed by atoms with Crippen LogP contribution in [-0.4, -0.2) is 29.3 Å². The highest BCUT2D eigenvalue weighted by Crippen LogP contribution is 2.56. The van der Waals surface area contributed by atoms with Crippen LogP contribution >= 0.6 is 0 Å². The third kappa shape index (κ3) is 1.96. The molecule has 1 heterocycles. The standard InChI is InChI=1S/C16H15N3O2/c1-21-13-7-6-12(18-19-13)16(20)17-15-11-8-9-4-2-3-5-10(9)14(11)15/h2-7,11,14-15H,8H2,1H3,(H,17,20)/t11-,14-,15-/m1/s1. The van der Waals surface area contributed by atoms with Gasteiger partial charge in [-0.1, -0.05) is 24.3 Å². The number of carbonyl (C=O) groups excluding carboxylic acids is 1. The first-order valence-electron chi connectivity index (χ1n) is 7.04. The Morgan fingerprint density at radius 1 is 1.24 bits per heavy atom. The van der Waals surface area contributed by atoms with Gasteiger partial charge in [0.1, 0.15) is 0 Å². The van der Waals surface area contributed by atoms with E-state index in [-0.39, 0.29) is 11.9 Å². The van der Waals surface area contributed by atoms with Crippen LogP contribution in [-0.2, 0) is 6.42 Å². The molecule has 4 rings (SSSR count). The fourth-order valence-electron chi connectivity index (χ4n) is 3.32. The molecule has 1 fully saturated rings. The Bertz CT molecular complexity index is 699. The second kappa shape index (κ2) is 4.55. The molecule has 0 unspecified atom stereocenters. The summed E-state index contributed by atoms with van der Waals surface area (Å²) in [5, 5.41) is 10.8. The number of fused-ring (bicyclic) bond motifs is 3. The summed E-state index contributed by atoms with van der Waals surface area (Å²) in [6.07, 6.45) is 1.06. The molecule has 1 aromatic carbocycles. The lowest BCUT2D eigenvalue weighted by molar-refractivity contribution is 0.0942. The molecule has 1 aromatic heterocycles. The van der Waals surface area contributed by atoms with Crippen molar-refractivity contribution in [3.63, 3.8) is 0 Å². The number of aromatic nitrogens is 2. The first-order chi connectivity index (χ1) is 10.3. The van der Waals surface area contributed by atoms with E-state index in [2.05, 4.69) is 39.8 Å². The monoisotopic (exact) mass is 281 g/mol. The molecule has 1 N–H and O–H groups in total. The highest BCUT2D eigenvalue weighted by Gasteiger charge is 2.56. The third-order valence-electron chi connectivity index (χ3n) is 4.42. The van der Waals surface area contributed by atoms with Crippen LogP contribution in [0.4, 0.5) is 0 Å². The van der Waals surface area contributed by atoms with Crippen LogP contribution in [0.15, 0.2) is 36.4 Å². The molecule has 0 aliphatic heterocycles. The van der Waals surface area contributed by atoms with Crippen molar-refractivity contribution in [3.8, 4) is 5.88 Å². The molecule has 2 aromatic rings. The number of nitrogens with zero attached hydrogens (tertiary/aromatic N) is 2. The van der Waals surface area contributed by atoms with Crippen molar-refractivity contribution in [2.75, 3.05) is 7.11 Å². The van der Waals surface area contributed by atoms with Crippen LogP contribution in [0.5, 0.6) is 5.88 Å². The van der Waals surface area contributed by atoms with Gasteiger partial charge in [-0.3, -0.25) is 4.79 Å². The van der Waals surface area contributed by atoms with E-state index >= 15 is 0 Å². The first-order valence-corrected chi connectivity index (χ1v) is 7.04. The predicted octanol–water partition coefficient (Wildman–Crippen LogP) is 1.55. The largest absolute Gasteiger partial charge is 0.480 e. The smallest absolute Gasteiger partial charge is 0.272 e. The second-order valence-electron chi connectivity index (χ2n) is 5.55. The van der Waals surface area contributed by atoms with Gasteiger partial charge in [0.15, 0.2) is 5.69 Å². The van der Waals surface area contributed by atoms with Gasteiger partial charge in [-0.2, -0.15) is 0 Å². The lowest BCUT2D eigenvalue weighted by atomic mass is 10.1. The normalized spacial score (nSPS) is 24.9. The highest BCUT2D eigenvalue weighted by molar-refractivity contribution is 5.92. The Balaban J connectivity index is 1.45. The summed E-state index contributed by atoms with van der Waals surface area (Å²) in [4.78, 5) is 12.2. The van der Waals surface area contributed by atoms with E-state index in [0.717, 1.165) is 6.42 Å². The molecule has 3 atom stereocenters. The van der Waals surface area contributed by atoms with Crippen molar-refractivity contribution in [3.05, 3.63) is 53.2 Å². The number of ether oxygens (including phenoxy) is 1. The average molecular weight is 281 g/mol. The molecule has 0 spiro atoms. The van der Waals surface area contributed by atoms with Crippen LogP contribution in [0.2, 0.25) is 0 Å². The lowest BCUT2D eigenvalue weighted by Crippen LogP contribution is -2.29. The van der Waals surface area contributed by atoms with Crippen LogP contribution in [0, 0.1) is 5.92 Å². The van der Waals surface area contributed by atoms with Gasteiger partial charge in [0.05, 0.1) is 7.11 Å². The van der Waals surface area contributed by atoms with Gasteiger partial charge in [0, 0.05) is 18.0 Å². The minimum atomic E-state index is -0.165. The fourth-order valence-corrected chi connectivity index (χ4v) is 3.32. The van der Waals surface area contributed by atoms with E-state index in [4.69, 9.17) is 4.74 Å². The maximum absolute atomic E-state index is 12.2. The minimum Gasteiger partial charge on any atom is -0.480 e. The van der Waals surface area contributed by atoms with E-state index in [1.54, 1.807) is 12.1 Å². The highest BCUT2D eigenvalue weighted by atomic mass is 16.5. The molecule has 0 bridgehead atoms. The molecule has 1 amide bonds. The van der Waals surface area contributed by atoms with Gasteiger partial charge >= 0.3 is 0 Å². The molecule has 21 heavy (non-hydrogen) atoms. The zero-order chi connectivity index (χ0) is 14.4. The van der Waals surface area contributed by atoms with Gasteiger partial charge in [0.25, 0.3) is 5.91 Å². The number of benzene rings is 1. The van der Waals surface area contributed by atoms with Crippen LogP contribution in [0.1, 0.15) is 27.5 Å². The summed E-state index contributed by atoms with van der Waals surface area (Å²) in [6, 6.07) is 12.0. The minimum absolute atomic E-state index is 0.165. The van der Waals surface area contributed by atoms with Crippen molar-refractivity contribution in [2.24, 2.45) is 5.92 Å². The van der Waals surface area contributed by atoms with Gasteiger partial charge in [0.2, 0.25) is 5.88 Å². The lowest BCUT2D eigenvalue weighted by Gasteiger charge is -2.09. The maximum atomic E-state index is 12.2. The molecule has 0 radical (unpaired) electrons. The van der Waals surface area contributed by atoms with Gasteiger partial charge < -0.3 is 10.1 Å². The molecule has 2 aliphatic rings. The van der Waals surface area contributed by atoms with E-state index in [1.165, 1.54) is 18.2 Å². The number of methoxy groups -OCH3 is 1. The maximum Gasteiger partial charge on any atom is 0.272 e. The summed E-state index contributed by atoms with van der Waals surface area (Å²) in [7, 11) is 1.52. The summed E-state index contributed by atoms with van der Waals surface area (Å²) >= 11 is 0. The third-order valence-corrected chi connectivity index (χ3v) is 4.42. The van der Waals surface area contributed by atoms with Crippen LogP contribution in [0.3, 0.4) is 0 Å². The number of hydrogen-bond acceptors (Lipinski definition) is 4. The molecule has 106 valence electrons. The number of nitrogens with one attached hydrogen (secondary N) is 1.